The fourth-order valence-corrected chi connectivity index (χ4v) is 1.86. The van der Waals surface area contributed by atoms with E-state index in [1.807, 2.05) is 18.2 Å². The van der Waals surface area contributed by atoms with Gasteiger partial charge in [-0.2, -0.15) is 0 Å². The summed E-state index contributed by atoms with van der Waals surface area (Å²) in [6.45, 7) is 5.26. The molecule has 104 valence electrons. The van der Waals surface area contributed by atoms with Gasteiger partial charge in [0.1, 0.15) is 11.4 Å². The molecule has 0 aliphatic rings. The van der Waals surface area contributed by atoms with Crippen molar-refractivity contribution in [1.29, 1.82) is 0 Å². The first-order valence-electron chi connectivity index (χ1n) is 6.46. The van der Waals surface area contributed by atoms with E-state index in [-0.39, 0.29) is 5.56 Å². The average Bonchev–Trinajstić information content (AvgIpc) is 2.38. The lowest BCUT2D eigenvalue weighted by molar-refractivity contribution is 0.00648. The largest absolute Gasteiger partial charge is 0.456 e. The molecule has 0 saturated carbocycles. The second-order valence-electron chi connectivity index (χ2n) is 5.54. The average molecular weight is 272 g/mol. The summed E-state index contributed by atoms with van der Waals surface area (Å²) in [5.41, 5.74) is 0.442. The fraction of sp³-hybridized carbons (Fsp3) is 0.235. The Morgan fingerprint density at radius 3 is 2.25 bits per heavy atom. The van der Waals surface area contributed by atoms with Gasteiger partial charge in [0.05, 0.1) is 5.56 Å². The van der Waals surface area contributed by atoms with E-state index < -0.39 is 17.4 Å². The zero-order chi connectivity index (χ0) is 14.8. The maximum Gasteiger partial charge on any atom is 0.341 e. The van der Waals surface area contributed by atoms with E-state index in [9.17, 15) is 9.18 Å². The molecule has 0 spiro atoms. The lowest BCUT2D eigenvalue weighted by Crippen LogP contribution is -2.24. The van der Waals surface area contributed by atoms with Crippen LogP contribution < -0.4 is 0 Å². The van der Waals surface area contributed by atoms with Crippen LogP contribution in [0.1, 0.15) is 31.1 Å². The Morgan fingerprint density at radius 1 is 1.00 bits per heavy atom. The summed E-state index contributed by atoms with van der Waals surface area (Å²) >= 11 is 0. The molecule has 0 heterocycles. The minimum atomic E-state index is -0.647. The van der Waals surface area contributed by atoms with Crippen molar-refractivity contribution < 1.29 is 13.9 Å². The van der Waals surface area contributed by atoms with Crippen LogP contribution in [0.15, 0.2) is 48.5 Å². The first-order valence-corrected chi connectivity index (χ1v) is 6.46. The second kappa shape index (κ2) is 5.45. The van der Waals surface area contributed by atoms with E-state index in [2.05, 4.69) is 0 Å². The van der Waals surface area contributed by atoms with Crippen molar-refractivity contribution in [2.75, 3.05) is 0 Å². The third-order valence-corrected chi connectivity index (χ3v) is 2.70. The highest BCUT2D eigenvalue weighted by Crippen LogP contribution is 2.26. The number of carbonyl (C=O) groups is 1. The number of esters is 1. The highest BCUT2D eigenvalue weighted by atomic mass is 19.1. The van der Waals surface area contributed by atoms with E-state index in [4.69, 9.17) is 4.74 Å². The Morgan fingerprint density at radius 2 is 1.65 bits per heavy atom. The summed E-state index contributed by atoms with van der Waals surface area (Å²) in [4.78, 5) is 12.0. The van der Waals surface area contributed by atoms with Crippen molar-refractivity contribution >= 4 is 5.97 Å². The van der Waals surface area contributed by atoms with Gasteiger partial charge in [-0.3, -0.25) is 0 Å². The summed E-state index contributed by atoms with van der Waals surface area (Å²) in [6.07, 6.45) is 0. The van der Waals surface area contributed by atoms with Gasteiger partial charge in [-0.1, -0.05) is 42.5 Å². The molecule has 0 fully saturated rings. The molecule has 0 bridgehead atoms. The molecular formula is C17H17FO2. The second-order valence-corrected chi connectivity index (χ2v) is 5.54. The first-order chi connectivity index (χ1) is 9.38. The zero-order valence-electron chi connectivity index (χ0n) is 11.8. The minimum Gasteiger partial charge on any atom is -0.456 e. The standard InChI is InChI=1S/C17H17FO2/c1-17(2,3)20-16(19)14-11-7-10-13(15(14)18)12-8-5-4-6-9-12/h4-11H,1-3H3. The Labute approximate surface area is 118 Å². The summed E-state index contributed by atoms with van der Waals surface area (Å²) < 4.78 is 19.7. The van der Waals surface area contributed by atoms with Gasteiger partial charge in [-0.25, -0.2) is 9.18 Å². The van der Waals surface area contributed by atoms with Crippen LogP contribution in [0.3, 0.4) is 0 Å². The Kier molecular flexibility index (Phi) is 3.89. The predicted molar refractivity (Wildman–Crippen MR) is 77.0 cm³/mol. The van der Waals surface area contributed by atoms with Gasteiger partial charge in [0.25, 0.3) is 0 Å². The molecule has 3 heteroatoms. The molecule has 0 radical (unpaired) electrons. The molecule has 2 aromatic rings. The van der Waals surface area contributed by atoms with Gasteiger partial charge >= 0.3 is 5.97 Å². The van der Waals surface area contributed by atoms with Crippen molar-refractivity contribution in [2.45, 2.75) is 26.4 Å². The molecule has 0 amide bonds. The number of ether oxygens (including phenoxy) is 1. The SMILES string of the molecule is CC(C)(C)OC(=O)c1cccc(-c2ccccc2)c1F. The van der Waals surface area contributed by atoms with E-state index in [1.54, 1.807) is 45.0 Å². The highest BCUT2D eigenvalue weighted by Gasteiger charge is 2.22. The monoisotopic (exact) mass is 272 g/mol. The number of carbonyl (C=O) groups excluding carboxylic acids is 1. The van der Waals surface area contributed by atoms with Crippen LogP contribution >= 0.6 is 0 Å². The summed E-state index contributed by atoms with van der Waals surface area (Å²) in [6, 6.07) is 13.9. The molecule has 0 aromatic heterocycles. The maximum atomic E-state index is 14.5. The van der Waals surface area contributed by atoms with Crippen LogP contribution in [0, 0.1) is 5.82 Å². The van der Waals surface area contributed by atoms with Gasteiger partial charge in [0, 0.05) is 5.56 Å². The van der Waals surface area contributed by atoms with Crippen LogP contribution in [-0.2, 0) is 4.74 Å². The van der Waals surface area contributed by atoms with E-state index in [0.29, 0.717) is 5.56 Å². The van der Waals surface area contributed by atoms with E-state index in [1.165, 1.54) is 6.07 Å². The molecule has 0 unspecified atom stereocenters. The number of benzene rings is 2. The molecular weight excluding hydrogens is 255 g/mol. The quantitative estimate of drug-likeness (QED) is 0.755. The van der Waals surface area contributed by atoms with E-state index >= 15 is 0 Å². The maximum absolute atomic E-state index is 14.5. The van der Waals surface area contributed by atoms with Crippen molar-refractivity contribution in [3.05, 3.63) is 59.9 Å². The Balaban J connectivity index is 2.41. The normalized spacial score (nSPS) is 11.2. The van der Waals surface area contributed by atoms with Crippen LogP contribution in [0.2, 0.25) is 0 Å². The number of halogens is 1. The molecule has 2 aromatic carbocycles. The molecule has 0 N–H and O–H groups in total. The zero-order valence-corrected chi connectivity index (χ0v) is 11.8. The van der Waals surface area contributed by atoms with Crippen molar-refractivity contribution in [3.63, 3.8) is 0 Å². The number of rotatable bonds is 2. The number of hydrogen-bond acceptors (Lipinski definition) is 2. The van der Waals surface area contributed by atoms with Gasteiger partial charge < -0.3 is 4.74 Å². The van der Waals surface area contributed by atoms with Gasteiger partial charge in [0.15, 0.2) is 0 Å². The summed E-state index contributed by atoms with van der Waals surface area (Å²) in [5, 5.41) is 0. The molecule has 2 nitrogen and oxygen atoms in total. The van der Waals surface area contributed by atoms with Crippen molar-refractivity contribution in [3.8, 4) is 11.1 Å². The molecule has 0 aliphatic carbocycles. The Bertz CT molecular complexity index is 613. The molecule has 0 saturated heterocycles. The van der Waals surface area contributed by atoms with Crippen LogP contribution in [-0.4, -0.2) is 11.6 Å². The summed E-state index contributed by atoms with van der Waals surface area (Å²) in [7, 11) is 0. The number of hydrogen-bond donors (Lipinski definition) is 0. The third kappa shape index (κ3) is 3.23. The molecule has 0 atom stereocenters. The van der Waals surface area contributed by atoms with E-state index in [0.717, 1.165) is 5.56 Å². The van der Waals surface area contributed by atoms with Crippen LogP contribution in [0.5, 0.6) is 0 Å². The Hall–Kier alpha value is -2.16. The third-order valence-electron chi connectivity index (χ3n) is 2.70. The van der Waals surface area contributed by atoms with Crippen molar-refractivity contribution in [2.24, 2.45) is 0 Å². The van der Waals surface area contributed by atoms with Crippen LogP contribution in [0.4, 0.5) is 4.39 Å². The molecule has 20 heavy (non-hydrogen) atoms. The van der Waals surface area contributed by atoms with Gasteiger partial charge in [-0.15, -0.1) is 0 Å². The minimum absolute atomic E-state index is 0.0405. The van der Waals surface area contributed by atoms with Gasteiger partial charge in [0.2, 0.25) is 0 Å². The fourth-order valence-electron chi connectivity index (χ4n) is 1.86. The predicted octanol–water partition coefficient (Wildman–Crippen LogP) is 4.45. The topological polar surface area (TPSA) is 26.3 Å². The smallest absolute Gasteiger partial charge is 0.341 e. The summed E-state index contributed by atoms with van der Waals surface area (Å²) in [5.74, 6) is -1.19. The molecule has 0 aliphatic heterocycles. The lowest BCUT2D eigenvalue weighted by Gasteiger charge is -2.20. The highest BCUT2D eigenvalue weighted by molar-refractivity contribution is 5.91. The lowest BCUT2D eigenvalue weighted by atomic mass is 10.0. The van der Waals surface area contributed by atoms with Gasteiger partial charge in [-0.05, 0) is 32.4 Å². The van der Waals surface area contributed by atoms with Crippen LogP contribution in [0.25, 0.3) is 11.1 Å². The van der Waals surface area contributed by atoms with Crippen molar-refractivity contribution in [1.82, 2.24) is 0 Å². The molecule has 2 rings (SSSR count). The first kappa shape index (κ1) is 14.3.